The fourth-order valence-corrected chi connectivity index (χ4v) is 3.03. The van der Waals surface area contributed by atoms with E-state index >= 15 is 0 Å². The van der Waals surface area contributed by atoms with E-state index in [9.17, 15) is 13.2 Å². The molecule has 0 spiro atoms. The maximum Gasteiger partial charge on any atom is 0.325 e. The zero-order valence-electron chi connectivity index (χ0n) is 10.7. The lowest BCUT2D eigenvalue weighted by molar-refractivity contribution is -0.137. The molecule has 1 aromatic carbocycles. The molecule has 7 nitrogen and oxygen atoms in total. The summed E-state index contributed by atoms with van der Waals surface area (Å²) >= 11 is 3.31. The number of rotatable bonds is 6. The maximum atomic E-state index is 12.1. The average Bonchev–Trinajstić information content (AvgIpc) is 2.85. The first-order valence-corrected chi connectivity index (χ1v) is 8.13. The molecular weight excluding hydrogens is 362 g/mol. The van der Waals surface area contributed by atoms with Crippen LogP contribution in [0, 0.1) is 0 Å². The Bertz CT molecular complexity index is 757. The summed E-state index contributed by atoms with van der Waals surface area (Å²) in [7, 11) is -3.73. The predicted molar refractivity (Wildman–Crippen MR) is 78.0 cm³/mol. The minimum Gasteiger partial charge on any atom is -0.480 e. The van der Waals surface area contributed by atoms with Crippen LogP contribution in [0.1, 0.15) is 5.56 Å². The average molecular weight is 374 g/mol. The summed E-state index contributed by atoms with van der Waals surface area (Å²) in [5, 5.41) is 12.3. The zero-order chi connectivity index (χ0) is 15.5. The molecule has 0 bridgehead atoms. The summed E-state index contributed by atoms with van der Waals surface area (Å²) in [6, 6.07) is 7.24. The molecule has 112 valence electrons. The van der Waals surface area contributed by atoms with Gasteiger partial charge in [0.1, 0.15) is 11.4 Å². The van der Waals surface area contributed by atoms with E-state index in [0.717, 1.165) is 20.9 Å². The third kappa shape index (κ3) is 4.38. The van der Waals surface area contributed by atoms with Gasteiger partial charge in [-0.2, -0.15) is 5.10 Å². The molecule has 1 heterocycles. The van der Waals surface area contributed by atoms with E-state index in [1.165, 1.54) is 6.20 Å². The van der Waals surface area contributed by atoms with Crippen molar-refractivity contribution in [3.05, 3.63) is 46.7 Å². The first kappa shape index (κ1) is 15.7. The molecule has 2 rings (SSSR count). The van der Waals surface area contributed by atoms with Gasteiger partial charge in [0.15, 0.2) is 0 Å². The highest BCUT2D eigenvalue weighted by Crippen LogP contribution is 2.13. The molecule has 0 saturated heterocycles. The van der Waals surface area contributed by atoms with Gasteiger partial charge in [-0.15, -0.1) is 0 Å². The highest BCUT2D eigenvalue weighted by atomic mass is 79.9. The molecule has 0 aliphatic carbocycles. The number of hydrogen-bond acceptors (Lipinski definition) is 4. The predicted octanol–water partition coefficient (Wildman–Crippen LogP) is 1.21. The van der Waals surface area contributed by atoms with Crippen LogP contribution in [0.2, 0.25) is 0 Å². The minimum atomic E-state index is -3.73. The second-order valence-electron chi connectivity index (χ2n) is 4.22. The van der Waals surface area contributed by atoms with Gasteiger partial charge in [0.05, 0.1) is 6.20 Å². The normalized spacial score (nSPS) is 11.5. The second-order valence-corrected chi connectivity index (χ2v) is 6.90. The Morgan fingerprint density at radius 1 is 1.43 bits per heavy atom. The molecule has 2 aromatic rings. The van der Waals surface area contributed by atoms with Gasteiger partial charge < -0.3 is 5.11 Å². The molecule has 2 N–H and O–H groups in total. The third-order valence-electron chi connectivity index (χ3n) is 2.57. The second kappa shape index (κ2) is 6.37. The number of carboxylic acids is 1. The number of hydrogen-bond donors (Lipinski definition) is 2. The monoisotopic (exact) mass is 373 g/mol. The Labute approximate surface area is 129 Å². The molecule has 21 heavy (non-hydrogen) atoms. The summed E-state index contributed by atoms with van der Waals surface area (Å²) in [6.07, 6.45) is 2.30. The first-order chi connectivity index (χ1) is 9.87. The van der Waals surface area contributed by atoms with Gasteiger partial charge in [-0.1, -0.05) is 28.1 Å². The highest BCUT2D eigenvalue weighted by molar-refractivity contribution is 9.10. The van der Waals surface area contributed by atoms with Crippen LogP contribution in [0.3, 0.4) is 0 Å². The van der Waals surface area contributed by atoms with Crippen LogP contribution in [0.25, 0.3) is 0 Å². The van der Waals surface area contributed by atoms with Gasteiger partial charge >= 0.3 is 5.97 Å². The lowest BCUT2D eigenvalue weighted by atomic mass is 10.2. The Hall–Kier alpha value is -1.71. The van der Waals surface area contributed by atoms with Crippen molar-refractivity contribution in [3.63, 3.8) is 0 Å². The Morgan fingerprint density at radius 2 is 2.19 bits per heavy atom. The number of carbonyl (C=O) groups is 1. The van der Waals surface area contributed by atoms with Crippen molar-refractivity contribution in [1.82, 2.24) is 14.5 Å². The Kier molecular flexibility index (Phi) is 4.76. The molecule has 0 radical (unpaired) electrons. The van der Waals surface area contributed by atoms with Crippen LogP contribution in [-0.4, -0.2) is 29.3 Å². The van der Waals surface area contributed by atoms with Crippen molar-refractivity contribution in [1.29, 1.82) is 0 Å². The lowest BCUT2D eigenvalue weighted by Crippen LogP contribution is -2.23. The summed E-state index contributed by atoms with van der Waals surface area (Å²) < 4.78 is 28.5. The maximum absolute atomic E-state index is 12.1. The van der Waals surface area contributed by atoms with Crippen LogP contribution in [-0.2, 0) is 27.9 Å². The van der Waals surface area contributed by atoms with E-state index < -0.39 is 16.0 Å². The Balaban J connectivity index is 2.08. The van der Waals surface area contributed by atoms with Crippen molar-refractivity contribution < 1.29 is 18.3 Å². The largest absolute Gasteiger partial charge is 0.480 e. The van der Waals surface area contributed by atoms with E-state index in [1.807, 2.05) is 6.07 Å². The SMILES string of the molecule is O=C(O)Cn1cc(S(=O)(=O)NCc2cccc(Br)c2)cn1. The molecule has 9 heteroatoms. The third-order valence-corrected chi connectivity index (χ3v) is 4.42. The van der Waals surface area contributed by atoms with Crippen LogP contribution in [0.15, 0.2) is 46.0 Å². The van der Waals surface area contributed by atoms with Crippen LogP contribution >= 0.6 is 15.9 Å². The van der Waals surface area contributed by atoms with E-state index in [1.54, 1.807) is 18.2 Å². The number of aliphatic carboxylic acids is 1. The molecule has 0 unspecified atom stereocenters. The molecule has 0 aliphatic rings. The van der Waals surface area contributed by atoms with Crippen molar-refractivity contribution >= 4 is 31.9 Å². The number of benzene rings is 1. The number of halogens is 1. The van der Waals surface area contributed by atoms with Gasteiger partial charge in [-0.05, 0) is 17.7 Å². The molecular formula is C12H12BrN3O4S. The lowest BCUT2D eigenvalue weighted by Gasteiger charge is -2.05. The summed E-state index contributed by atoms with van der Waals surface area (Å²) in [6.45, 7) is -0.257. The minimum absolute atomic E-state index is 0.0706. The number of carboxylic acid groups (broad SMARTS) is 1. The number of nitrogens with one attached hydrogen (secondary N) is 1. The quantitative estimate of drug-likeness (QED) is 0.792. The molecule has 0 atom stereocenters. The number of nitrogens with zero attached hydrogens (tertiary/aromatic N) is 2. The van der Waals surface area contributed by atoms with Crippen LogP contribution < -0.4 is 4.72 Å². The van der Waals surface area contributed by atoms with Crippen molar-refractivity contribution in [2.45, 2.75) is 18.0 Å². The summed E-state index contributed by atoms with van der Waals surface area (Å²) in [5.74, 6) is -1.09. The standard InChI is InChI=1S/C12H12BrN3O4S/c13-10-3-1-2-9(4-10)5-15-21(19,20)11-6-14-16(7-11)8-12(17)18/h1-4,6-7,15H,5,8H2,(H,17,18). The van der Waals surface area contributed by atoms with Crippen LogP contribution in [0.4, 0.5) is 0 Å². The van der Waals surface area contributed by atoms with E-state index in [0.29, 0.717) is 0 Å². The Morgan fingerprint density at radius 3 is 2.86 bits per heavy atom. The summed E-state index contributed by atoms with van der Waals surface area (Å²) in [5.41, 5.74) is 0.797. The van der Waals surface area contributed by atoms with E-state index in [2.05, 4.69) is 25.8 Å². The first-order valence-electron chi connectivity index (χ1n) is 5.85. The van der Waals surface area contributed by atoms with E-state index in [-0.39, 0.29) is 18.0 Å². The highest BCUT2D eigenvalue weighted by Gasteiger charge is 2.16. The van der Waals surface area contributed by atoms with Crippen molar-refractivity contribution in [2.24, 2.45) is 0 Å². The van der Waals surface area contributed by atoms with Crippen LogP contribution in [0.5, 0.6) is 0 Å². The van der Waals surface area contributed by atoms with E-state index in [4.69, 9.17) is 5.11 Å². The van der Waals surface area contributed by atoms with Gasteiger partial charge in [0, 0.05) is 17.2 Å². The zero-order valence-corrected chi connectivity index (χ0v) is 13.1. The fourth-order valence-electron chi connectivity index (χ4n) is 1.62. The number of aromatic nitrogens is 2. The molecule has 0 aliphatic heterocycles. The van der Waals surface area contributed by atoms with Gasteiger partial charge in [0.2, 0.25) is 10.0 Å². The van der Waals surface area contributed by atoms with Gasteiger partial charge in [-0.25, -0.2) is 13.1 Å². The molecule has 1 aromatic heterocycles. The topological polar surface area (TPSA) is 101 Å². The molecule has 0 amide bonds. The summed E-state index contributed by atoms with van der Waals surface area (Å²) in [4.78, 5) is 10.5. The fraction of sp³-hybridized carbons (Fsp3) is 0.167. The van der Waals surface area contributed by atoms with Gasteiger partial charge in [-0.3, -0.25) is 9.48 Å². The molecule has 0 saturated carbocycles. The smallest absolute Gasteiger partial charge is 0.325 e. The number of sulfonamides is 1. The van der Waals surface area contributed by atoms with Crippen molar-refractivity contribution in [3.8, 4) is 0 Å². The van der Waals surface area contributed by atoms with Gasteiger partial charge in [0.25, 0.3) is 0 Å². The molecule has 0 fully saturated rings. The van der Waals surface area contributed by atoms with Crippen molar-refractivity contribution in [2.75, 3.05) is 0 Å².